The van der Waals surface area contributed by atoms with Gasteiger partial charge < -0.3 is 9.15 Å². The Kier molecular flexibility index (Phi) is 4.25. The first kappa shape index (κ1) is 15.2. The van der Waals surface area contributed by atoms with Gasteiger partial charge in [0.15, 0.2) is 0 Å². The number of methoxy groups -OCH3 is 1. The van der Waals surface area contributed by atoms with Crippen molar-refractivity contribution < 1.29 is 9.15 Å². The van der Waals surface area contributed by atoms with Crippen LogP contribution in [0, 0.1) is 5.92 Å². The van der Waals surface area contributed by atoms with Gasteiger partial charge in [-0.2, -0.15) is 0 Å². The number of furan rings is 1. The van der Waals surface area contributed by atoms with Crippen molar-refractivity contribution in [2.24, 2.45) is 5.92 Å². The Labute approximate surface area is 132 Å². The molecule has 3 heteroatoms. The molecule has 0 radical (unpaired) electrons. The van der Waals surface area contributed by atoms with E-state index in [4.69, 9.17) is 9.15 Å². The Hall–Kier alpha value is -1.74. The summed E-state index contributed by atoms with van der Waals surface area (Å²) >= 11 is 0. The van der Waals surface area contributed by atoms with Crippen molar-refractivity contribution >= 4 is 0 Å². The highest BCUT2D eigenvalue weighted by Crippen LogP contribution is 2.40. The summed E-state index contributed by atoms with van der Waals surface area (Å²) in [5.74, 6) is 2.59. The molecule has 1 aliphatic rings. The van der Waals surface area contributed by atoms with E-state index < -0.39 is 0 Å². The maximum Gasteiger partial charge on any atom is 0.119 e. The van der Waals surface area contributed by atoms with E-state index in [1.165, 1.54) is 5.56 Å². The minimum Gasteiger partial charge on any atom is -0.497 e. The molecule has 3 rings (SSSR count). The third-order valence-corrected chi connectivity index (χ3v) is 5.26. The molecule has 2 aromatic rings. The molecular formula is C19H25NO2. The van der Waals surface area contributed by atoms with Crippen LogP contribution in [0.25, 0.3) is 0 Å². The molecule has 22 heavy (non-hydrogen) atoms. The molecule has 0 amide bonds. The van der Waals surface area contributed by atoms with Gasteiger partial charge in [-0.1, -0.05) is 26.0 Å². The van der Waals surface area contributed by atoms with Crippen molar-refractivity contribution in [2.75, 3.05) is 20.2 Å². The third-order valence-electron chi connectivity index (χ3n) is 5.26. The van der Waals surface area contributed by atoms with Gasteiger partial charge in [-0.25, -0.2) is 0 Å². The fourth-order valence-electron chi connectivity index (χ4n) is 3.49. The second-order valence-electron chi connectivity index (χ2n) is 6.61. The van der Waals surface area contributed by atoms with Gasteiger partial charge in [-0.15, -0.1) is 0 Å². The number of hydrogen-bond acceptors (Lipinski definition) is 3. The topological polar surface area (TPSA) is 25.6 Å². The van der Waals surface area contributed by atoms with Gasteiger partial charge in [0.25, 0.3) is 0 Å². The second kappa shape index (κ2) is 6.17. The fraction of sp³-hybridized carbons (Fsp3) is 0.474. The molecule has 1 aliphatic heterocycles. The molecule has 0 bridgehead atoms. The Morgan fingerprint density at radius 3 is 2.86 bits per heavy atom. The van der Waals surface area contributed by atoms with Crippen LogP contribution < -0.4 is 4.74 Å². The largest absolute Gasteiger partial charge is 0.497 e. The third kappa shape index (κ3) is 2.91. The molecule has 2 atom stereocenters. The molecule has 1 aromatic heterocycles. The average Bonchev–Trinajstić information content (AvgIpc) is 3.04. The summed E-state index contributed by atoms with van der Waals surface area (Å²) in [5, 5.41) is 0. The van der Waals surface area contributed by atoms with E-state index in [0.29, 0.717) is 5.92 Å². The van der Waals surface area contributed by atoms with E-state index in [0.717, 1.165) is 37.6 Å². The molecule has 1 saturated heterocycles. The molecule has 1 fully saturated rings. The number of ether oxygens (including phenoxy) is 1. The van der Waals surface area contributed by atoms with Crippen LogP contribution in [0.1, 0.15) is 31.6 Å². The van der Waals surface area contributed by atoms with Crippen LogP contribution in [-0.2, 0) is 12.0 Å². The number of nitrogens with zero attached hydrogens (tertiary/aromatic N) is 1. The fourth-order valence-corrected chi connectivity index (χ4v) is 3.49. The van der Waals surface area contributed by atoms with Crippen LogP contribution in [0.4, 0.5) is 0 Å². The quantitative estimate of drug-likeness (QED) is 0.850. The highest BCUT2D eigenvalue weighted by atomic mass is 16.5. The van der Waals surface area contributed by atoms with Gasteiger partial charge in [0.1, 0.15) is 11.5 Å². The van der Waals surface area contributed by atoms with Crippen LogP contribution in [-0.4, -0.2) is 25.1 Å². The molecule has 1 aromatic carbocycles. The SMILES string of the molecule is COc1cccc([C@]2(C)CCN(Cc3ccco3)C[C@@H]2C)c1. The molecule has 118 valence electrons. The lowest BCUT2D eigenvalue weighted by molar-refractivity contribution is 0.0993. The van der Waals surface area contributed by atoms with E-state index in [1.807, 2.05) is 12.1 Å². The van der Waals surface area contributed by atoms with Crippen molar-refractivity contribution in [1.29, 1.82) is 0 Å². The number of hydrogen-bond donors (Lipinski definition) is 0. The Balaban J connectivity index is 1.73. The standard InChI is InChI=1S/C19H25NO2/c1-15-13-20(14-18-8-5-11-22-18)10-9-19(15,2)16-6-4-7-17(12-16)21-3/h4-8,11-12,15H,9-10,13-14H2,1-3H3/t15-,19+/m0/s1. The zero-order chi connectivity index (χ0) is 15.6. The van der Waals surface area contributed by atoms with Crippen LogP contribution in [0.5, 0.6) is 5.75 Å². The van der Waals surface area contributed by atoms with Gasteiger partial charge in [0.05, 0.1) is 19.9 Å². The lowest BCUT2D eigenvalue weighted by Crippen LogP contribution is -2.46. The van der Waals surface area contributed by atoms with E-state index in [2.05, 4.69) is 43.0 Å². The normalized spacial score (nSPS) is 26.0. The molecule has 0 aliphatic carbocycles. The molecule has 3 nitrogen and oxygen atoms in total. The minimum atomic E-state index is 0.203. The van der Waals surface area contributed by atoms with Crippen LogP contribution >= 0.6 is 0 Å². The van der Waals surface area contributed by atoms with E-state index in [1.54, 1.807) is 13.4 Å². The lowest BCUT2D eigenvalue weighted by Gasteiger charge is -2.45. The summed E-state index contributed by atoms with van der Waals surface area (Å²) in [4.78, 5) is 2.49. The number of likely N-dealkylation sites (tertiary alicyclic amines) is 1. The predicted molar refractivity (Wildman–Crippen MR) is 88.1 cm³/mol. The Morgan fingerprint density at radius 2 is 2.18 bits per heavy atom. The first-order chi connectivity index (χ1) is 10.6. The average molecular weight is 299 g/mol. The van der Waals surface area contributed by atoms with Gasteiger partial charge in [-0.05, 0) is 54.1 Å². The second-order valence-corrected chi connectivity index (χ2v) is 6.61. The smallest absolute Gasteiger partial charge is 0.119 e. The number of rotatable bonds is 4. The summed E-state index contributed by atoms with van der Waals surface area (Å²) < 4.78 is 10.9. The Bertz CT molecular complexity index is 608. The van der Waals surface area contributed by atoms with Crippen LogP contribution in [0.3, 0.4) is 0 Å². The van der Waals surface area contributed by atoms with Crippen molar-refractivity contribution in [3.8, 4) is 5.75 Å². The van der Waals surface area contributed by atoms with Crippen molar-refractivity contribution in [2.45, 2.75) is 32.2 Å². The van der Waals surface area contributed by atoms with Crippen molar-refractivity contribution in [1.82, 2.24) is 4.90 Å². The van der Waals surface area contributed by atoms with Gasteiger partial charge in [0, 0.05) is 6.54 Å². The van der Waals surface area contributed by atoms with Gasteiger partial charge in [0.2, 0.25) is 0 Å². The zero-order valence-electron chi connectivity index (χ0n) is 13.7. The zero-order valence-corrected chi connectivity index (χ0v) is 13.7. The first-order valence-corrected chi connectivity index (χ1v) is 8.01. The van der Waals surface area contributed by atoms with E-state index >= 15 is 0 Å². The molecule has 0 unspecified atom stereocenters. The first-order valence-electron chi connectivity index (χ1n) is 8.01. The van der Waals surface area contributed by atoms with Crippen LogP contribution in [0.15, 0.2) is 47.1 Å². The van der Waals surface area contributed by atoms with Crippen molar-refractivity contribution in [3.63, 3.8) is 0 Å². The maximum atomic E-state index is 5.48. The minimum absolute atomic E-state index is 0.203. The van der Waals surface area contributed by atoms with Crippen molar-refractivity contribution in [3.05, 3.63) is 54.0 Å². The summed E-state index contributed by atoms with van der Waals surface area (Å²) in [6.45, 7) is 7.84. The highest BCUT2D eigenvalue weighted by molar-refractivity contribution is 5.34. The summed E-state index contributed by atoms with van der Waals surface area (Å²) in [7, 11) is 1.73. The monoisotopic (exact) mass is 299 g/mol. The highest BCUT2D eigenvalue weighted by Gasteiger charge is 2.38. The molecular weight excluding hydrogens is 274 g/mol. The number of piperidine rings is 1. The Morgan fingerprint density at radius 1 is 1.32 bits per heavy atom. The van der Waals surface area contributed by atoms with E-state index in [9.17, 15) is 0 Å². The lowest BCUT2D eigenvalue weighted by atomic mass is 9.68. The number of benzene rings is 1. The summed E-state index contributed by atoms with van der Waals surface area (Å²) in [5.41, 5.74) is 1.59. The van der Waals surface area contributed by atoms with E-state index in [-0.39, 0.29) is 5.41 Å². The molecule has 0 spiro atoms. The summed E-state index contributed by atoms with van der Waals surface area (Å²) in [6.07, 6.45) is 2.91. The molecule has 2 heterocycles. The van der Waals surface area contributed by atoms with Gasteiger partial charge in [-0.3, -0.25) is 4.90 Å². The van der Waals surface area contributed by atoms with Crippen LogP contribution in [0.2, 0.25) is 0 Å². The molecule has 0 N–H and O–H groups in total. The van der Waals surface area contributed by atoms with Gasteiger partial charge >= 0.3 is 0 Å². The summed E-state index contributed by atoms with van der Waals surface area (Å²) in [6, 6.07) is 12.6. The maximum absolute atomic E-state index is 5.48. The predicted octanol–water partition coefficient (Wildman–Crippen LogP) is 4.09. The molecule has 0 saturated carbocycles.